The van der Waals surface area contributed by atoms with Gasteiger partial charge < -0.3 is 21.1 Å². The van der Waals surface area contributed by atoms with E-state index in [1.165, 1.54) is 0 Å². The molecule has 1 atom stereocenters. The van der Waals surface area contributed by atoms with Crippen LogP contribution >= 0.6 is 0 Å². The summed E-state index contributed by atoms with van der Waals surface area (Å²) >= 11 is 0. The highest BCUT2D eigenvalue weighted by atomic mass is 16.3. The van der Waals surface area contributed by atoms with E-state index in [4.69, 9.17) is 10.8 Å². The molecule has 0 fully saturated rings. The molecule has 0 aliphatic carbocycles. The molecule has 0 aliphatic heterocycles. The number of nitrogens with one attached hydrogen (secondary N) is 2. The van der Waals surface area contributed by atoms with Crippen LogP contribution < -0.4 is 11.1 Å². The average molecular weight is 169 g/mol. The third-order valence-electron chi connectivity index (χ3n) is 1.39. The Labute approximate surface area is 69.6 Å². The van der Waals surface area contributed by atoms with Crippen molar-refractivity contribution in [3.8, 4) is 0 Å². The van der Waals surface area contributed by atoms with Crippen molar-refractivity contribution < 1.29 is 9.90 Å². The van der Waals surface area contributed by atoms with Crippen LogP contribution in [0.4, 0.5) is 5.82 Å². The van der Waals surface area contributed by atoms with E-state index in [0.29, 0.717) is 5.82 Å². The van der Waals surface area contributed by atoms with Crippen LogP contribution in [0.1, 0.15) is 0 Å². The number of anilines is 1. The number of rotatable bonds is 3. The molecule has 5 N–H and O–H groups in total. The molecule has 1 rings (SSSR count). The van der Waals surface area contributed by atoms with Gasteiger partial charge in [-0.3, -0.25) is 4.79 Å². The Balaban J connectivity index is 2.47. The topological polar surface area (TPSA) is 91.1 Å². The van der Waals surface area contributed by atoms with E-state index in [0.717, 1.165) is 0 Å². The van der Waals surface area contributed by atoms with Crippen LogP contribution in [0.2, 0.25) is 0 Å². The zero-order chi connectivity index (χ0) is 8.97. The van der Waals surface area contributed by atoms with Gasteiger partial charge in [-0.25, -0.2) is 0 Å². The SMILES string of the molecule is NC(CO)C(=O)Nc1ccc[nH]1. The summed E-state index contributed by atoms with van der Waals surface area (Å²) in [7, 11) is 0. The molecule has 0 saturated heterocycles. The number of aliphatic hydroxyl groups excluding tert-OH is 1. The standard InChI is InChI=1S/C7H11N3O2/c8-5(4-11)7(12)10-6-2-1-3-9-6/h1-3,5,9,11H,4,8H2,(H,10,12). The van der Waals surface area contributed by atoms with Crippen LogP contribution in [0.25, 0.3) is 0 Å². The van der Waals surface area contributed by atoms with Crippen molar-refractivity contribution in [2.24, 2.45) is 5.73 Å². The Bertz CT molecular complexity index is 245. The monoisotopic (exact) mass is 169 g/mol. The molecular weight excluding hydrogens is 158 g/mol. The number of hydrogen-bond acceptors (Lipinski definition) is 3. The molecule has 1 heterocycles. The second-order valence-corrected chi connectivity index (χ2v) is 2.36. The van der Waals surface area contributed by atoms with Crippen molar-refractivity contribution >= 4 is 11.7 Å². The maximum Gasteiger partial charge on any atom is 0.244 e. The molecule has 0 aromatic carbocycles. The summed E-state index contributed by atoms with van der Waals surface area (Å²) < 4.78 is 0. The molecule has 1 aromatic heterocycles. The first-order valence-electron chi connectivity index (χ1n) is 3.54. The summed E-state index contributed by atoms with van der Waals surface area (Å²) in [5, 5.41) is 11.0. The normalized spacial score (nSPS) is 12.5. The molecular formula is C7H11N3O2. The molecule has 5 nitrogen and oxygen atoms in total. The van der Waals surface area contributed by atoms with Gasteiger partial charge in [-0.2, -0.15) is 0 Å². The van der Waals surface area contributed by atoms with Crippen molar-refractivity contribution in [2.45, 2.75) is 6.04 Å². The third kappa shape index (κ3) is 2.08. The largest absolute Gasteiger partial charge is 0.394 e. The molecule has 0 bridgehead atoms. The van der Waals surface area contributed by atoms with E-state index in [-0.39, 0.29) is 6.61 Å². The fraction of sp³-hybridized carbons (Fsp3) is 0.286. The molecule has 66 valence electrons. The van der Waals surface area contributed by atoms with E-state index in [1.54, 1.807) is 18.3 Å². The van der Waals surface area contributed by atoms with Gasteiger partial charge in [-0.1, -0.05) is 0 Å². The maximum atomic E-state index is 11.0. The molecule has 1 amide bonds. The van der Waals surface area contributed by atoms with Crippen LogP contribution in [0.15, 0.2) is 18.3 Å². The van der Waals surface area contributed by atoms with Crippen molar-refractivity contribution in [1.82, 2.24) is 4.98 Å². The van der Waals surface area contributed by atoms with Crippen molar-refractivity contribution in [3.05, 3.63) is 18.3 Å². The minimum absolute atomic E-state index is 0.355. The number of carbonyl (C=O) groups is 1. The molecule has 0 spiro atoms. The fourth-order valence-corrected chi connectivity index (χ4v) is 0.716. The van der Waals surface area contributed by atoms with Gasteiger partial charge in [-0.05, 0) is 12.1 Å². The molecule has 0 saturated carbocycles. The lowest BCUT2D eigenvalue weighted by Crippen LogP contribution is -2.38. The lowest BCUT2D eigenvalue weighted by Gasteiger charge is -2.07. The van der Waals surface area contributed by atoms with E-state index in [2.05, 4.69) is 10.3 Å². The van der Waals surface area contributed by atoms with Gasteiger partial charge in [0.2, 0.25) is 5.91 Å². The first kappa shape index (κ1) is 8.76. The van der Waals surface area contributed by atoms with Crippen LogP contribution in [-0.2, 0) is 4.79 Å². The Kier molecular flexibility index (Phi) is 2.84. The number of nitrogens with two attached hydrogens (primary N) is 1. The van der Waals surface area contributed by atoms with E-state index >= 15 is 0 Å². The molecule has 5 heteroatoms. The predicted molar refractivity (Wildman–Crippen MR) is 44.5 cm³/mol. The Hall–Kier alpha value is -1.33. The van der Waals surface area contributed by atoms with Gasteiger partial charge in [0.15, 0.2) is 0 Å². The molecule has 0 aliphatic rings. The van der Waals surface area contributed by atoms with Crippen LogP contribution in [0, 0.1) is 0 Å². The number of aromatic nitrogens is 1. The lowest BCUT2D eigenvalue weighted by atomic mass is 10.3. The number of H-pyrrole nitrogens is 1. The smallest absolute Gasteiger partial charge is 0.244 e. The van der Waals surface area contributed by atoms with Gasteiger partial charge >= 0.3 is 0 Å². The van der Waals surface area contributed by atoms with Crippen molar-refractivity contribution in [1.29, 1.82) is 0 Å². The van der Waals surface area contributed by atoms with E-state index < -0.39 is 11.9 Å². The average Bonchev–Trinajstić information content (AvgIpc) is 2.55. The summed E-state index contributed by atoms with van der Waals surface area (Å²) in [6, 6.07) is 2.58. The van der Waals surface area contributed by atoms with Crippen LogP contribution in [0.3, 0.4) is 0 Å². The highest BCUT2D eigenvalue weighted by Crippen LogP contribution is 2.00. The maximum absolute atomic E-state index is 11.0. The quantitative estimate of drug-likeness (QED) is 0.481. The number of amides is 1. The van der Waals surface area contributed by atoms with Crippen molar-refractivity contribution in [2.75, 3.05) is 11.9 Å². The second-order valence-electron chi connectivity index (χ2n) is 2.36. The van der Waals surface area contributed by atoms with Gasteiger partial charge in [-0.15, -0.1) is 0 Å². The minimum atomic E-state index is -0.867. The summed E-state index contributed by atoms with van der Waals surface area (Å²) in [5.74, 6) is 0.170. The number of aromatic amines is 1. The summed E-state index contributed by atoms with van der Waals surface area (Å²) in [6.45, 7) is -0.355. The van der Waals surface area contributed by atoms with Gasteiger partial charge in [0.25, 0.3) is 0 Å². The fourth-order valence-electron chi connectivity index (χ4n) is 0.716. The number of aliphatic hydroxyl groups is 1. The molecule has 1 aromatic rings. The molecule has 1 unspecified atom stereocenters. The van der Waals surface area contributed by atoms with Crippen molar-refractivity contribution in [3.63, 3.8) is 0 Å². The number of carbonyl (C=O) groups excluding carboxylic acids is 1. The van der Waals surface area contributed by atoms with E-state index in [9.17, 15) is 4.79 Å². The minimum Gasteiger partial charge on any atom is -0.394 e. The first-order chi connectivity index (χ1) is 5.74. The van der Waals surface area contributed by atoms with Gasteiger partial charge in [0, 0.05) is 6.20 Å². The Morgan fingerprint density at radius 2 is 2.58 bits per heavy atom. The van der Waals surface area contributed by atoms with Gasteiger partial charge in [0.1, 0.15) is 11.9 Å². The summed E-state index contributed by atoms with van der Waals surface area (Å²) in [6.07, 6.45) is 1.68. The van der Waals surface area contributed by atoms with E-state index in [1.807, 2.05) is 0 Å². The Morgan fingerprint density at radius 3 is 3.08 bits per heavy atom. The summed E-state index contributed by atoms with van der Waals surface area (Å²) in [4.78, 5) is 13.8. The zero-order valence-electron chi connectivity index (χ0n) is 6.45. The third-order valence-corrected chi connectivity index (χ3v) is 1.39. The predicted octanol–water partition coefficient (Wildman–Crippen LogP) is -0.727. The lowest BCUT2D eigenvalue weighted by molar-refractivity contribution is -0.118. The Morgan fingerprint density at radius 1 is 1.83 bits per heavy atom. The first-order valence-corrected chi connectivity index (χ1v) is 3.54. The van der Waals surface area contributed by atoms with Crippen LogP contribution in [-0.4, -0.2) is 28.6 Å². The molecule has 0 radical (unpaired) electrons. The number of hydrogen-bond donors (Lipinski definition) is 4. The van der Waals surface area contributed by atoms with Gasteiger partial charge in [0.05, 0.1) is 6.61 Å². The summed E-state index contributed by atoms with van der Waals surface area (Å²) in [5.41, 5.74) is 5.26. The highest BCUT2D eigenvalue weighted by Gasteiger charge is 2.11. The highest BCUT2D eigenvalue weighted by molar-refractivity contribution is 5.93. The van der Waals surface area contributed by atoms with Crippen LogP contribution in [0.5, 0.6) is 0 Å². The molecule has 12 heavy (non-hydrogen) atoms. The second kappa shape index (κ2) is 3.89. The zero-order valence-corrected chi connectivity index (χ0v) is 6.45.